The molecular weight excluding hydrogens is 1400 g/mol. The van der Waals surface area contributed by atoms with Crippen LogP contribution in [-0.2, 0) is 65.4 Å². The molecule has 0 amide bonds. The molecule has 3 N–H and O–H groups in total. The topological polar surface area (TPSA) is 237 Å². The highest BCUT2D eigenvalue weighted by Gasteiger charge is 2.30. The van der Waals surface area contributed by atoms with E-state index < -0.39 is 97.5 Å². The van der Waals surface area contributed by atoms with E-state index in [-0.39, 0.29) is 25.7 Å². The number of aliphatic hydroxyl groups excluding tert-OH is 1. The summed E-state index contributed by atoms with van der Waals surface area (Å²) in [4.78, 5) is 73.2. The molecule has 0 aliphatic carbocycles. The maximum absolute atomic E-state index is 13.1. The molecule has 0 aliphatic rings. The van der Waals surface area contributed by atoms with Gasteiger partial charge in [-0.3, -0.25) is 37.3 Å². The van der Waals surface area contributed by atoms with Crippen LogP contribution in [0.3, 0.4) is 0 Å². The number of carbonyl (C=O) groups excluding carboxylic acids is 4. The van der Waals surface area contributed by atoms with Crippen LogP contribution in [0.1, 0.15) is 349 Å². The average Bonchev–Trinajstić information content (AvgIpc) is 0.896. The van der Waals surface area contributed by atoms with Gasteiger partial charge < -0.3 is 33.8 Å². The van der Waals surface area contributed by atoms with Gasteiger partial charge in [-0.1, -0.05) is 296 Å². The van der Waals surface area contributed by atoms with Crippen LogP contribution in [0.2, 0.25) is 0 Å². The zero-order chi connectivity index (χ0) is 78.9. The highest BCUT2D eigenvalue weighted by molar-refractivity contribution is 7.47. The second-order valence-electron chi connectivity index (χ2n) is 28.0. The molecule has 5 unspecified atom stereocenters. The Morgan fingerprint density at radius 2 is 0.481 bits per heavy atom. The minimum Gasteiger partial charge on any atom is -0.462 e. The molecule has 0 aromatic rings. The highest BCUT2D eigenvalue weighted by Crippen LogP contribution is 2.45. The van der Waals surface area contributed by atoms with E-state index in [0.717, 1.165) is 193 Å². The maximum atomic E-state index is 13.1. The van der Waals surface area contributed by atoms with Crippen LogP contribution in [0.25, 0.3) is 0 Å². The third kappa shape index (κ3) is 79.3. The predicted molar refractivity (Wildman–Crippen MR) is 445 cm³/mol. The molecule has 0 aliphatic heterocycles. The van der Waals surface area contributed by atoms with Crippen molar-refractivity contribution in [2.24, 2.45) is 0 Å². The third-order valence-corrected chi connectivity index (χ3v) is 19.5. The maximum Gasteiger partial charge on any atom is 0.472 e. The van der Waals surface area contributed by atoms with Crippen molar-refractivity contribution >= 4 is 39.5 Å². The lowest BCUT2D eigenvalue weighted by Gasteiger charge is -2.21. The van der Waals surface area contributed by atoms with E-state index in [0.29, 0.717) is 25.7 Å². The van der Waals surface area contributed by atoms with Crippen molar-refractivity contribution in [3.8, 4) is 0 Å². The van der Waals surface area contributed by atoms with Crippen LogP contribution in [0, 0.1) is 0 Å². The Labute approximate surface area is 656 Å². The smallest absolute Gasteiger partial charge is 0.462 e. The summed E-state index contributed by atoms with van der Waals surface area (Å²) >= 11 is 0. The van der Waals surface area contributed by atoms with E-state index in [4.69, 9.17) is 37.0 Å². The van der Waals surface area contributed by atoms with Gasteiger partial charge in [-0.15, -0.1) is 0 Å². The zero-order valence-electron chi connectivity index (χ0n) is 68.0. The number of phosphoric acid groups is 2. The van der Waals surface area contributed by atoms with E-state index >= 15 is 0 Å². The summed E-state index contributed by atoms with van der Waals surface area (Å²) in [6, 6.07) is 0. The molecule has 0 heterocycles. The van der Waals surface area contributed by atoms with E-state index in [9.17, 15) is 43.2 Å². The SMILES string of the molecule is CC/C=C\C/C=C\C/C=C\C/C=C\C/C=C\CCCCCC(=O)OCC(COP(=O)(O)OCC(O)COP(=O)(O)OCC(COC(=O)CCCCCCC/C=C\CCCCCCCC)OC(=O)CCCCCCC/C=C\CCCCCCCC)OC(=O)CCCCCCCC/C=C\C/C=C\C/C=C\C/C=C\CC. The highest BCUT2D eigenvalue weighted by atomic mass is 31.2. The monoisotopic (exact) mass is 1560 g/mol. The molecule has 0 fully saturated rings. The van der Waals surface area contributed by atoms with Crippen LogP contribution < -0.4 is 0 Å². The summed E-state index contributed by atoms with van der Waals surface area (Å²) in [7, 11) is -9.99. The molecule has 17 nitrogen and oxygen atoms in total. The first-order chi connectivity index (χ1) is 52.7. The molecule has 19 heteroatoms. The molecule has 0 aromatic heterocycles. The van der Waals surface area contributed by atoms with Gasteiger partial charge in [0.05, 0.1) is 26.4 Å². The van der Waals surface area contributed by atoms with Crippen LogP contribution >= 0.6 is 15.6 Å². The first kappa shape index (κ1) is 103. The van der Waals surface area contributed by atoms with Crippen molar-refractivity contribution in [2.45, 2.75) is 367 Å². The molecule has 108 heavy (non-hydrogen) atoms. The summed E-state index contributed by atoms with van der Waals surface area (Å²) in [5, 5.41) is 10.7. The Balaban J connectivity index is 5.43. The Bertz CT molecular complexity index is 2560. The first-order valence-electron chi connectivity index (χ1n) is 42.4. The van der Waals surface area contributed by atoms with Crippen molar-refractivity contribution in [1.82, 2.24) is 0 Å². The Morgan fingerprint density at radius 1 is 0.269 bits per heavy atom. The van der Waals surface area contributed by atoms with E-state index in [1.165, 1.54) is 77.0 Å². The summed E-state index contributed by atoms with van der Waals surface area (Å²) in [5.74, 6) is -2.24. The van der Waals surface area contributed by atoms with Gasteiger partial charge in [0.2, 0.25) is 0 Å². The Kier molecular flexibility index (Phi) is 76.7. The molecule has 0 bridgehead atoms. The average molecular weight is 1560 g/mol. The van der Waals surface area contributed by atoms with Crippen molar-refractivity contribution in [2.75, 3.05) is 39.6 Å². The molecule has 0 saturated heterocycles. The van der Waals surface area contributed by atoms with Gasteiger partial charge in [0, 0.05) is 25.7 Å². The van der Waals surface area contributed by atoms with Gasteiger partial charge in [0.15, 0.2) is 12.2 Å². The predicted octanol–water partition coefficient (Wildman–Crippen LogP) is 25.2. The molecule has 620 valence electrons. The standard InChI is InChI=1S/C89H152O17P2/c1-5-9-13-17-21-25-29-33-37-39-41-43-47-50-54-58-62-66-70-74-87(92)100-80-85(106-89(94)76-72-68-64-60-56-52-48-44-42-40-38-34-30-26-22-18-14-10-6-2)82-104-108(97,98)102-78-83(90)77-101-107(95,96)103-81-84(105-88(93)75-71-67-63-59-55-51-46-36-32-28-24-20-16-12-8-4)79-99-86(91)73-69-65-61-57-53-49-45-35-31-27-23-19-15-11-7-3/h9-10,13-14,21-22,25-26,33-38,41-46,50,54,83-85,90H,5-8,11-12,15-20,23-24,27-32,39-40,47-49,51-53,55-82H2,1-4H3,(H,95,96)(H,97,98)/b13-9-,14-10-,25-21-,26-22-,37-33-,38-34-,43-41-,44-42-,45-35-,46-36-,54-50-. The van der Waals surface area contributed by atoms with Gasteiger partial charge in [-0.25, -0.2) is 9.13 Å². The lowest BCUT2D eigenvalue weighted by Crippen LogP contribution is -2.30. The van der Waals surface area contributed by atoms with Crippen LogP contribution in [0.15, 0.2) is 134 Å². The van der Waals surface area contributed by atoms with Gasteiger partial charge >= 0.3 is 39.5 Å². The molecule has 0 radical (unpaired) electrons. The summed E-state index contributed by atoms with van der Waals surface area (Å²) in [6.45, 7) is 4.61. The number of hydrogen-bond donors (Lipinski definition) is 3. The largest absolute Gasteiger partial charge is 0.472 e. The van der Waals surface area contributed by atoms with E-state index in [1.807, 2.05) is 0 Å². The zero-order valence-corrected chi connectivity index (χ0v) is 69.8. The fraction of sp³-hybridized carbons (Fsp3) is 0.708. The number of phosphoric ester groups is 2. The number of esters is 4. The second-order valence-corrected chi connectivity index (χ2v) is 30.9. The normalized spacial score (nSPS) is 14.5. The van der Waals surface area contributed by atoms with Crippen LogP contribution in [0.4, 0.5) is 0 Å². The second kappa shape index (κ2) is 80.3. The van der Waals surface area contributed by atoms with Crippen LogP contribution in [-0.4, -0.2) is 96.7 Å². The molecule has 0 saturated carbocycles. The Morgan fingerprint density at radius 3 is 0.759 bits per heavy atom. The van der Waals surface area contributed by atoms with E-state index in [1.54, 1.807) is 0 Å². The summed E-state index contributed by atoms with van der Waals surface area (Å²) < 4.78 is 68.8. The van der Waals surface area contributed by atoms with E-state index in [2.05, 4.69) is 161 Å². The number of carbonyl (C=O) groups is 4. The van der Waals surface area contributed by atoms with Gasteiger partial charge in [0.1, 0.15) is 19.3 Å². The number of hydrogen-bond acceptors (Lipinski definition) is 15. The number of aliphatic hydroxyl groups is 1. The Hall–Kier alpha value is -4.80. The summed E-state index contributed by atoms with van der Waals surface area (Å²) in [5.41, 5.74) is 0. The lowest BCUT2D eigenvalue weighted by atomic mass is 10.1. The first-order valence-corrected chi connectivity index (χ1v) is 45.4. The number of ether oxygens (including phenoxy) is 4. The number of rotatable bonds is 79. The van der Waals surface area contributed by atoms with Crippen molar-refractivity contribution < 1.29 is 80.2 Å². The fourth-order valence-electron chi connectivity index (χ4n) is 11.2. The molecular formula is C89H152O17P2. The number of unbranched alkanes of at least 4 members (excludes halogenated alkanes) is 31. The van der Waals surface area contributed by atoms with Gasteiger partial charge in [0.25, 0.3) is 0 Å². The lowest BCUT2D eigenvalue weighted by molar-refractivity contribution is -0.161. The fourth-order valence-corrected chi connectivity index (χ4v) is 12.7. The minimum atomic E-state index is -5.00. The number of allylic oxidation sites excluding steroid dienone is 22. The minimum absolute atomic E-state index is 0.0673. The molecule has 0 aromatic carbocycles. The molecule has 0 spiro atoms. The van der Waals surface area contributed by atoms with Gasteiger partial charge in [-0.2, -0.15) is 0 Å². The quantitative estimate of drug-likeness (QED) is 0.0169. The molecule has 0 rings (SSSR count). The summed E-state index contributed by atoms with van der Waals surface area (Å²) in [6.07, 6.45) is 91.2. The third-order valence-electron chi connectivity index (χ3n) is 17.6. The molecule has 5 atom stereocenters. The van der Waals surface area contributed by atoms with Crippen LogP contribution in [0.5, 0.6) is 0 Å². The van der Waals surface area contributed by atoms with Crippen molar-refractivity contribution in [3.05, 3.63) is 134 Å². The van der Waals surface area contributed by atoms with Crippen molar-refractivity contribution in [3.63, 3.8) is 0 Å². The van der Waals surface area contributed by atoms with Crippen molar-refractivity contribution in [1.29, 1.82) is 0 Å². The van der Waals surface area contributed by atoms with Gasteiger partial charge in [-0.05, 0) is 161 Å².